The number of H-pyrrole nitrogens is 1. The van der Waals surface area contributed by atoms with Gasteiger partial charge in [0, 0.05) is 6.54 Å². The van der Waals surface area contributed by atoms with Gasteiger partial charge in [0.05, 0.1) is 13.3 Å². The number of rotatable bonds is 5. The van der Waals surface area contributed by atoms with Gasteiger partial charge in [-0.3, -0.25) is 5.10 Å². The van der Waals surface area contributed by atoms with Gasteiger partial charge in [0.25, 0.3) is 0 Å². The lowest BCUT2D eigenvalue weighted by Crippen LogP contribution is -2.07. The number of hydrogen-bond acceptors (Lipinski definition) is 5. The highest BCUT2D eigenvalue weighted by atomic mass is 32.1. The van der Waals surface area contributed by atoms with Gasteiger partial charge in [0.1, 0.15) is 11.6 Å². The van der Waals surface area contributed by atoms with Gasteiger partial charge in [-0.15, -0.1) is 0 Å². The number of aromatic nitrogens is 3. The molecule has 2 N–H and O–H groups in total. The number of methoxy groups -OCH3 is 1. The van der Waals surface area contributed by atoms with Crippen molar-refractivity contribution in [1.82, 2.24) is 15.2 Å². The predicted octanol–water partition coefficient (Wildman–Crippen LogP) is 2.20. The van der Waals surface area contributed by atoms with Gasteiger partial charge in [-0.25, -0.2) is 4.98 Å². The lowest BCUT2D eigenvalue weighted by atomic mass is 10.1. The first-order valence-electron chi connectivity index (χ1n) is 5.56. The van der Waals surface area contributed by atoms with Crippen LogP contribution in [0.25, 0.3) is 0 Å². The molecule has 0 radical (unpaired) electrons. The molecule has 5 nitrogen and oxygen atoms in total. The van der Waals surface area contributed by atoms with Crippen LogP contribution in [0.5, 0.6) is 5.75 Å². The van der Waals surface area contributed by atoms with Crippen LogP contribution in [-0.2, 0) is 6.42 Å². The molecule has 1 heterocycles. The van der Waals surface area contributed by atoms with Crippen LogP contribution in [-0.4, -0.2) is 28.8 Å². The molecule has 0 unspecified atom stereocenters. The molecule has 0 atom stereocenters. The van der Waals surface area contributed by atoms with Crippen LogP contribution in [0.3, 0.4) is 0 Å². The minimum atomic E-state index is 0.379. The number of nitrogens with zero attached hydrogens (tertiary/aromatic N) is 2. The second-order valence-corrected chi connectivity index (χ2v) is 4.08. The summed E-state index contributed by atoms with van der Waals surface area (Å²) in [6.45, 7) is 0.778. The third-order valence-corrected chi connectivity index (χ3v) is 2.63. The highest BCUT2D eigenvalue weighted by Gasteiger charge is 1.96. The van der Waals surface area contributed by atoms with Crippen LogP contribution >= 0.6 is 12.2 Å². The molecule has 2 aromatic rings. The Labute approximate surface area is 110 Å². The smallest absolute Gasteiger partial charge is 0.215 e. The Morgan fingerprint density at radius 2 is 2.11 bits per heavy atom. The summed E-state index contributed by atoms with van der Waals surface area (Å²) >= 11 is 4.89. The van der Waals surface area contributed by atoms with Crippen molar-refractivity contribution in [2.24, 2.45) is 0 Å². The zero-order valence-electron chi connectivity index (χ0n) is 10.0. The first-order valence-corrected chi connectivity index (χ1v) is 5.97. The van der Waals surface area contributed by atoms with E-state index < -0.39 is 0 Å². The highest BCUT2D eigenvalue weighted by Crippen LogP contribution is 2.11. The van der Waals surface area contributed by atoms with Gasteiger partial charge in [0.15, 0.2) is 0 Å². The Kier molecular flexibility index (Phi) is 4.25. The average molecular weight is 262 g/mol. The zero-order chi connectivity index (χ0) is 12.8. The minimum absolute atomic E-state index is 0.379. The van der Waals surface area contributed by atoms with E-state index in [9.17, 15) is 0 Å². The summed E-state index contributed by atoms with van der Waals surface area (Å²) in [6.07, 6.45) is 2.51. The van der Waals surface area contributed by atoms with Crippen LogP contribution in [0, 0.1) is 4.77 Å². The number of anilines is 1. The molecule has 1 aromatic carbocycles. The summed E-state index contributed by atoms with van der Waals surface area (Å²) in [5.74, 6) is 1.55. The Balaban J connectivity index is 1.86. The summed E-state index contributed by atoms with van der Waals surface area (Å²) < 4.78 is 5.49. The molecule has 0 saturated carbocycles. The molecule has 18 heavy (non-hydrogen) atoms. The van der Waals surface area contributed by atoms with E-state index in [0.717, 1.165) is 18.7 Å². The summed E-state index contributed by atoms with van der Waals surface area (Å²) in [4.78, 5) is 4.10. The minimum Gasteiger partial charge on any atom is -0.497 e. The SMILES string of the molecule is COc1ccc(CCNc2cn[nH]c(=S)n2)cc1. The summed E-state index contributed by atoms with van der Waals surface area (Å²) in [5, 5.41) is 9.63. The Bertz CT molecular complexity index is 553. The van der Waals surface area contributed by atoms with Gasteiger partial charge in [-0.1, -0.05) is 12.1 Å². The van der Waals surface area contributed by atoms with E-state index >= 15 is 0 Å². The molecular weight excluding hydrogens is 248 g/mol. The molecule has 0 aliphatic heterocycles. The standard InChI is InChI=1S/C12H14N4OS/c1-17-10-4-2-9(3-5-10)6-7-13-11-8-14-16-12(18)15-11/h2-5,8H,6-7H2,1H3,(H2,13,15,16,18). The molecule has 0 aliphatic rings. The molecule has 0 aliphatic carbocycles. The fraction of sp³-hybridized carbons (Fsp3) is 0.250. The van der Waals surface area contributed by atoms with Crippen LogP contribution in [0.2, 0.25) is 0 Å². The van der Waals surface area contributed by atoms with Crippen LogP contribution in [0.15, 0.2) is 30.5 Å². The molecule has 94 valence electrons. The monoisotopic (exact) mass is 262 g/mol. The highest BCUT2D eigenvalue weighted by molar-refractivity contribution is 7.71. The number of nitrogens with one attached hydrogen (secondary N) is 2. The predicted molar refractivity (Wildman–Crippen MR) is 72.4 cm³/mol. The van der Waals surface area contributed by atoms with Crippen molar-refractivity contribution < 1.29 is 4.74 Å². The number of aromatic amines is 1. The molecule has 2 rings (SSSR count). The summed E-state index contributed by atoms with van der Waals surface area (Å²) in [5.41, 5.74) is 1.23. The van der Waals surface area contributed by atoms with Crippen molar-refractivity contribution in [2.75, 3.05) is 19.0 Å². The van der Waals surface area contributed by atoms with Gasteiger partial charge in [-0.05, 0) is 36.3 Å². The molecule has 0 saturated heterocycles. The second-order valence-electron chi connectivity index (χ2n) is 3.70. The van der Waals surface area contributed by atoms with Crippen LogP contribution in [0.4, 0.5) is 5.82 Å². The van der Waals surface area contributed by atoms with Gasteiger partial charge in [-0.2, -0.15) is 5.10 Å². The number of benzene rings is 1. The average Bonchev–Trinajstić information content (AvgIpc) is 2.40. The van der Waals surface area contributed by atoms with E-state index in [1.165, 1.54) is 5.56 Å². The van der Waals surface area contributed by atoms with E-state index in [2.05, 4.69) is 20.5 Å². The van der Waals surface area contributed by atoms with Crippen molar-refractivity contribution >= 4 is 18.0 Å². The normalized spacial score (nSPS) is 10.1. The van der Waals surface area contributed by atoms with Crippen molar-refractivity contribution in [3.63, 3.8) is 0 Å². The van der Waals surface area contributed by atoms with Gasteiger partial charge in [0.2, 0.25) is 4.77 Å². The zero-order valence-corrected chi connectivity index (χ0v) is 10.8. The van der Waals surface area contributed by atoms with E-state index in [0.29, 0.717) is 10.6 Å². The van der Waals surface area contributed by atoms with Crippen molar-refractivity contribution in [1.29, 1.82) is 0 Å². The Morgan fingerprint density at radius 3 is 2.78 bits per heavy atom. The lowest BCUT2D eigenvalue weighted by Gasteiger charge is -2.05. The molecule has 0 amide bonds. The fourth-order valence-corrected chi connectivity index (χ4v) is 1.68. The summed E-state index contributed by atoms with van der Waals surface area (Å²) in [7, 11) is 1.66. The molecule has 6 heteroatoms. The Morgan fingerprint density at radius 1 is 1.33 bits per heavy atom. The summed E-state index contributed by atoms with van der Waals surface area (Å²) in [6, 6.07) is 7.99. The largest absolute Gasteiger partial charge is 0.497 e. The Hall–Kier alpha value is -1.95. The molecule has 1 aromatic heterocycles. The lowest BCUT2D eigenvalue weighted by molar-refractivity contribution is 0.414. The fourth-order valence-electron chi connectivity index (χ4n) is 1.52. The molecule has 0 fully saturated rings. The van der Waals surface area contributed by atoms with E-state index in [1.54, 1.807) is 13.3 Å². The number of ether oxygens (including phenoxy) is 1. The van der Waals surface area contributed by atoms with Crippen LogP contribution < -0.4 is 10.1 Å². The van der Waals surface area contributed by atoms with Crippen molar-refractivity contribution in [3.8, 4) is 5.75 Å². The van der Waals surface area contributed by atoms with Gasteiger partial charge < -0.3 is 10.1 Å². The maximum atomic E-state index is 5.11. The topological polar surface area (TPSA) is 62.8 Å². The third kappa shape index (κ3) is 3.53. The quantitative estimate of drug-likeness (QED) is 0.809. The number of hydrogen-bond donors (Lipinski definition) is 2. The van der Waals surface area contributed by atoms with E-state index in [4.69, 9.17) is 17.0 Å². The maximum absolute atomic E-state index is 5.11. The third-order valence-electron chi connectivity index (χ3n) is 2.45. The first-order chi connectivity index (χ1) is 8.78. The molecule has 0 bridgehead atoms. The van der Waals surface area contributed by atoms with Crippen molar-refractivity contribution in [2.45, 2.75) is 6.42 Å². The van der Waals surface area contributed by atoms with E-state index in [-0.39, 0.29) is 0 Å². The van der Waals surface area contributed by atoms with Crippen LogP contribution in [0.1, 0.15) is 5.56 Å². The second kappa shape index (κ2) is 6.11. The first kappa shape index (κ1) is 12.5. The maximum Gasteiger partial charge on any atom is 0.215 e. The van der Waals surface area contributed by atoms with Crippen molar-refractivity contribution in [3.05, 3.63) is 40.8 Å². The molecule has 0 spiro atoms. The molecular formula is C12H14N4OS. The van der Waals surface area contributed by atoms with Gasteiger partial charge >= 0.3 is 0 Å². The van der Waals surface area contributed by atoms with E-state index in [1.807, 2.05) is 24.3 Å².